The average molecular weight is 440 g/mol. The number of ether oxygens (including phenoxy) is 1. The van der Waals surface area contributed by atoms with Crippen LogP contribution in [-0.4, -0.2) is 40.5 Å². The molecule has 3 aromatic carbocycles. The molecule has 2 aliphatic carbocycles. The molecule has 7 nitrogen and oxygen atoms in total. The normalized spacial score (nSPS) is 14.4. The number of phenols is 2. The number of benzene rings is 3. The number of aromatic hydroxyl groups is 2. The van der Waals surface area contributed by atoms with Crippen molar-refractivity contribution in [2.24, 2.45) is 0 Å². The van der Waals surface area contributed by atoms with E-state index in [2.05, 4.69) is 0 Å². The Morgan fingerprint density at radius 1 is 0.697 bits per heavy atom. The van der Waals surface area contributed by atoms with Crippen molar-refractivity contribution < 1.29 is 34.1 Å². The summed E-state index contributed by atoms with van der Waals surface area (Å²) >= 11 is 0. The number of aryl methyl sites for hydroxylation is 1. The van der Waals surface area contributed by atoms with E-state index in [-0.39, 0.29) is 61.8 Å². The fourth-order valence-electron chi connectivity index (χ4n) is 4.48. The second-order valence-electron chi connectivity index (χ2n) is 7.88. The van der Waals surface area contributed by atoms with Crippen LogP contribution in [-0.2, 0) is 0 Å². The van der Waals surface area contributed by atoms with Gasteiger partial charge in [0.2, 0.25) is 5.78 Å². The second kappa shape index (κ2) is 7.00. The molecule has 0 spiro atoms. The lowest BCUT2D eigenvalue weighted by atomic mass is 9.79. The minimum Gasteiger partial charge on any atom is -0.507 e. The van der Waals surface area contributed by atoms with Crippen molar-refractivity contribution in [3.63, 3.8) is 0 Å². The van der Waals surface area contributed by atoms with Crippen molar-refractivity contribution in [1.82, 2.24) is 0 Å². The van der Waals surface area contributed by atoms with E-state index in [4.69, 9.17) is 4.74 Å². The van der Waals surface area contributed by atoms with E-state index < -0.39 is 23.1 Å². The maximum atomic E-state index is 13.4. The van der Waals surface area contributed by atoms with Gasteiger partial charge in [-0.25, -0.2) is 0 Å². The Morgan fingerprint density at radius 3 is 2.12 bits per heavy atom. The Bertz CT molecular complexity index is 1490. The highest BCUT2D eigenvalue weighted by molar-refractivity contribution is 6.40. The van der Waals surface area contributed by atoms with E-state index >= 15 is 0 Å². The van der Waals surface area contributed by atoms with Crippen LogP contribution in [0.5, 0.6) is 17.2 Å². The number of allylic oxidation sites excluding steroid dienone is 2. The van der Waals surface area contributed by atoms with Crippen LogP contribution < -0.4 is 4.74 Å². The molecule has 0 radical (unpaired) electrons. The highest BCUT2D eigenvalue weighted by Crippen LogP contribution is 2.42. The van der Waals surface area contributed by atoms with Gasteiger partial charge in [-0.2, -0.15) is 0 Å². The molecule has 0 fully saturated rings. The molecule has 3 aromatic rings. The standard InChI is InChI=1S/C26H16O7/c1-11-8-16-21(18(28)9-11)25(32)22-14(24(16)31)7-6-12(26(22)33-2)15-10-19(29)20-13(23(15)30)4-3-5-17(20)27/h3-10,27-28H,1-2H3. The van der Waals surface area contributed by atoms with Crippen LogP contribution in [0.1, 0.15) is 63.7 Å². The molecular weight excluding hydrogens is 424 g/mol. The summed E-state index contributed by atoms with van der Waals surface area (Å²) in [5.74, 6) is -2.86. The van der Waals surface area contributed by atoms with E-state index in [1.54, 1.807) is 6.92 Å². The van der Waals surface area contributed by atoms with Gasteiger partial charge in [0.15, 0.2) is 17.3 Å². The molecule has 0 unspecified atom stereocenters. The first-order valence-electron chi connectivity index (χ1n) is 10.0. The molecular formula is C26H16O7. The van der Waals surface area contributed by atoms with E-state index in [0.717, 1.165) is 6.08 Å². The number of methoxy groups -OCH3 is 1. The topological polar surface area (TPSA) is 118 Å². The summed E-state index contributed by atoms with van der Waals surface area (Å²) in [4.78, 5) is 52.4. The lowest BCUT2D eigenvalue weighted by Crippen LogP contribution is -2.23. The number of ketones is 4. The van der Waals surface area contributed by atoms with Gasteiger partial charge in [0.25, 0.3) is 0 Å². The predicted molar refractivity (Wildman–Crippen MR) is 117 cm³/mol. The number of carbonyl (C=O) groups excluding carboxylic acids is 4. The van der Waals surface area contributed by atoms with Gasteiger partial charge in [0.1, 0.15) is 17.2 Å². The van der Waals surface area contributed by atoms with Gasteiger partial charge in [-0.3, -0.25) is 19.2 Å². The molecule has 2 aliphatic rings. The predicted octanol–water partition coefficient (Wildman–Crippen LogP) is 3.65. The van der Waals surface area contributed by atoms with Crippen LogP contribution >= 0.6 is 0 Å². The van der Waals surface area contributed by atoms with E-state index in [9.17, 15) is 29.4 Å². The summed E-state index contributed by atoms with van der Waals surface area (Å²) in [5.41, 5.74) is 0.619. The van der Waals surface area contributed by atoms with Gasteiger partial charge in [-0.15, -0.1) is 0 Å². The summed E-state index contributed by atoms with van der Waals surface area (Å²) in [7, 11) is 1.29. The van der Waals surface area contributed by atoms with E-state index in [1.165, 1.54) is 49.6 Å². The number of hydrogen-bond donors (Lipinski definition) is 2. The van der Waals surface area contributed by atoms with Crippen molar-refractivity contribution in [1.29, 1.82) is 0 Å². The molecule has 0 bridgehead atoms. The average Bonchev–Trinajstić information content (AvgIpc) is 2.78. The number of phenolic OH excluding ortho intramolecular Hbond substituents is 2. The summed E-state index contributed by atoms with van der Waals surface area (Å²) in [6.07, 6.45) is 1.08. The molecule has 0 atom stereocenters. The molecule has 0 heterocycles. The van der Waals surface area contributed by atoms with Crippen molar-refractivity contribution in [3.05, 3.63) is 93.0 Å². The van der Waals surface area contributed by atoms with Gasteiger partial charge >= 0.3 is 0 Å². The van der Waals surface area contributed by atoms with Gasteiger partial charge < -0.3 is 14.9 Å². The fraction of sp³-hybridized carbons (Fsp3) is 0.0769. The Morgan fingerprint density at radius 2 is 1.39 bits per heavy atom. The Kier molecular flexibility index (Phi) is 4.32. The Labute approximate surface area is 187 Å². The van der Waals surface area contributed by atoms with Crippen LogP contribution in [0.3, 0.4) is 0 Å². The molecule has 0 saturated carbocycles. The molecule has 7 heteroatoms. The van der Waals surface area contributed by atoms with Gasteiger partial charge in [0.05, 0.1) is 23.8 Å². The van der Waals surface area contributed by atoms with Crippen molar-refractivity contribution in [3.8, 4) is 17.2 Å². The number of fused-ring (bicyclic) bond motifs is 3. The van der Waals surface area contributed by atoms with E-state index in [0.29, 0.717) is 5.56 Å². The lowest BCUT2D eigenvalue weighted by Gasteiger charge is -2.24. The summed E-state index contributed by atoms with van der Waals surface area (Å²) in [6, 6.07) is 9.99. The summed E-state index contributed by atoms with van der Waals surface area (Å²) in [6.45, 7) is 1.70. The summed E-state index contributed by atoms with van der Waals surface area (Å²) < 4.78 is 5.48. The van der Waals surface area contributed by atoms with E-state index in [1.807, 2.05) is 0 Å². The van der Waals surface area contributed by atoms with Crippen LogP contribution in [0, 0.1) is 6.92 Å². The first kappa shape index (κ1) is 20.4. The van der Waals surface area contributed by atoms with Crippen molar-refractivity contribution >= 4 is 28.7 Å². The van der Waals surface area contributed by atoms with Gasteiger partial charge in [0, 0.05) is 27.8 Å². The van der Waals surface area contributed by atoms with Crippen LogP contribution in [0.15, 0.2) is 48.5 Å². The third-order valence-corrected chi connectivity index (χ3v) is 5.91. The van der Waals surface area contributed by atoms with Crippen LogP contribution in [0.2, 0.25) is 0 Å². The monoisotopic (exact) mass is 440 g/mol. The zero-order chi connectivity index (χ0) is 23.6. The smallest absolute Gasteiger partial charge is 0.201 e. The largest absolute Gasteiger partial charge is 0.507 e. The zero-order valence-corrected chi connectivity index (χ0v) is 17.6. The highest BCUT2D eigenvalue weighted by atomic mass is 16.5. The Hall–Kier alpha value is -4.52. The number of rotatable bonds is 2. The van der Waals surface area contributed by atoms with Crippen LogP contribution in [0.4, 0.5) is 0 Å². The maximum absolute atomic E-state index is 13.4. The molecule has 162 valence electrons. The molecule has 0 saturated heterocycles. The highest BCUT2D eigenvalue weighted by Gasteiger charge is 2.38. The zero-order valence-electron chi connectivity index (χ0n) is 17.6. The number of Topliss-reactive ketones (excluding diaryl/α,β-unsaturated/α-hetero) is 1. The minimum absolute atomic E-state index is 0.0261. The van der Waals surface area contributed by atoms with Gasteiger partial charge in [-0.05, 0) is 48.9 Å². The first-order chi connectivity index (χ1) is 15.7. The SMILES string of the molecule is COc1c(C2=CC(=O)c3c(O)cccc3C2=O)ccc2c1C(=O)c1c(O)cc(C)cc1C2=O. The molecule has 2 N–H and O–H groups in total. The molecule has 5 rings (SSSR count). The quantitative estimate of drug-likeness (QED) is 0.488. The second-order valence-corrected chi connectivity index (χ2v) is 7.88. The summed E-state index contributed by atoms with van der Waals surface area (Å²) in [5, 5.41) is 20.4. The Balaban J connectivity index is 1.74. The third kappa shape index (κ3) is 2.75. The fourth-order valence-corrected chi connectivity index (χ4v) is 4.48. The van der Waals surface area contributed by atoms with Crippen molar-refractivity contribution in [2.45, 2.75) is 6.92 Å². The number of carbonyl (C=O) groups is 4. The number of hydrogen-bond acceptors (Lipinski definition) is 7. The molecule has 33 heavy (non-hydrogen) atoms. The van der Waals surface area contributed by atoms with Gasteiger partial charge in [-0.1, -0.05) is 12.1 Å². The van der Waals surface area contributed by atoms with Crippen LogP contribution in [0.25, 0.3) is 5.57 Å². The molecule has 0 aliphatic heterocycles. The molecule has 0 amide bonds. The minimum atomic E-state index is -0.621. The maximum Gasteiger partial charge on any atom is 0.201 e. The van der Waals surface area contributed by atoms with Crippen molar-refractivity contribution in [2.75, 3.05) is 7.11 Å². The third-order valence-electron chi connectivity index (χ3n) is 5.91. The first-order valence-corrected chi connectivity index (χ1v) is 10.0. The molecule has 0 aromatic heterocycles. The lowest BCUT2D eigenvalue weighted by molar-refractivity contribution is 0.0973.